The Morgan fingerprint density at radius 3 is 2.79 bits per heavy atom. The van der Waals surface area contributed by atoms with Gasteiger partial charge in [-0.3, -0.25) is 0 Å². The molecule has 14 heavy (non-hydrogen) atoms. The van der Waals surface area contributed by atoms with Crippen LogP contribution in [0.4, 0.5) is 0 Å². The quantitative estimate of drug-likeness (QED) is 0.550. The highest BCUT2D eigenvalue weighted by molar-refractivity contribution is 4.94. The Kier molecular flexibility index (Phi) is 5.45. The first-order valence-electron chi connectivity index (χ1n) is 5.72. The molecule has 84 valence electrons. The summed E-state index contributed by atoms with van der Waals surface area (Å²) < 4.78 is 5.25. The zero-order valence-corrected chi connectivity index (χ0v) is 9.22. The highest BCUT2D eigenvalue weighted by atomic mass is 16.5. The minimum absolute atomic E-state index is 0.334. The van der Waals surface area contributed by atoms with Crippen LogP contribution >= 0.6 is 0 Å². The van der Waals surface area contributed by atoms with Gasteiger partial charge in [0.1, 0.15) is 0 Å². The van der Waals surface area contributed by atoms with E-state index in [1.807, 2.05) is 6.92 Å². The first-order chi connectivity index (χ1) is 6.83. The molecule has 0 spiro atoms. The van der Waals surface area contributed by atoms with Gasteiger partial charge in [0.05, 0.1) is 0 Å². The molecule has 0 amide bonds. The van der Waals surface area contributed by atoms with E-state index in [9.17, 15) is 0 Å². The summed E-state index contributed by atoms with van der Waals surface area (Å²) in [6, 6.07) is 0. The molecule has 1 aliphatic carbocycles. The molecule has 1 rings (SSSR count). The lowest BCUT2D eigenvalue weighted by molar-refractivity contribution is 0.144. The fraction of sp³-hybridized carbons (Fsp3) is 1.00. The predicted octanol–water partition coefficient (Wildman–Crippen LogP) is 1.17. The standard InChI is InChI=1S/C11H23NO2/c1-2-14-9-3-7-12-10-11(4-5-11)6-8-13/h12-13H,2-10H2,1H3. The minimum Gasteiger partial charge on any atom is -0.396 e. The second-order valence-electron chi connectivity index (χ2n) is 4.20. The second-order valence-corrected chi connectivity index (χ2v) is 4.20. The second kappa shape index (κ2) is 6.38. The highest BCUT2D eigenvalue weighted by Crippen LogP contribution is 2.47. The Morgan fingerprint density at radius 2 is 2.21 bits per heavy atom. The third-order valence-electron chi connectivity index (χ3n) is 2.95. The van der Waals surface area contributed by atoms with Crippen LogP contribution < -0.4 is 5.32 Å². The zero-order valence-electron chi connectivity index (χ0n) is 9.22. The van der Waals surface area contributed by atoms with Crippen LogP contribution in [0.25, 0.3) is 0 Å². The molecule has 3 heteroatoms. The Labute approximate surface area is 86.8 Å². The van der Waals surface area contributed by atoms with E-state index in [4.69, 9.17) is 9.84 Å². The van der Waals surface area contributed by atoms with Gasteiger partial charge in [0.2, 0.25) is 0 Å². The van der Waals surface area contributed by atoms with Crippen molar-refractivity contribution in [3.05, 3.63) is 0 Å². The molecular formula is C11H23NO2. The monoisotopic (exact) mass is 201 g/mol. The summed E-state index contributed by atoms with van der Waals surface area (Å²) in [5.74, 6) is 0. The van der Waals surface area contributed by atoms with E-state index in [2.05, 4.69) is 5.32 Å². The number of ether oxygens (including phenoxy) is 1. The number of rotatable bonds is 9. The van der Waals surface area contributed by atoms with Crippen molar-refractivity contribution in [2.24, 2.45) is 5.41 Å². The van der Waals surface area contributed by atoms with Gasteiger partial charge in [-0.05, 0) is 44.6 Å². The maximum atomic E-state index is 8.87. The van der Waals surface area contributed by atoms with Crippen molar-refractivity contribution in [1.82, 2.24) is 5.32 Å². The van der Waals surface area contributed by atoms with E-state index >= 15 is 0 Å². The lowest BCUT2D eigenvalue weighted by Crippen LogP contribution is -2.26. The van der Waals surface area contributed by atoms with E-state index in [1.165, 1.54) is 12.8 Å². The molecule has 0 saturated heterocycles. The molecule has 1 aliphatic rings. The Hall–Kier alpha value is -0.120. The topological polar surface area (TPSA) is 41.5 Å². The van der Waals surface area contributed by atoms with Crippen LogP contribution in [0.15, 0.2) is 0 Å². The Bertz CT molecular complexity index is 146. The number of nitrogens with one attached hydrogen (secondary N) is 1. The fourth-order valence-corrected chi connectivity index (χ4v) is 1.73. The molecule has 0 aliphatic heterocycles. The van der Waals surface area contributed by atoms with Crippen molar-refractivity contribution in [3.63, 3.8) is 0 Å². The van der Waals surface area contributed by atoms with E-state index in [0.717, 1.165) is 39.1 Å². The summed E-state index contributed by atoms with van der Waals surface area (Å²) in [4.78, 5) is 0. The third-order valence-corrected chi connectivity index (χ3v) is 2.95. The molecule has 0 radical (unpaired) electrons. The van der Waals surface area contributed by atoms with Gasteiger partial charge in [-0.2, -0.15) is 0 Å². The molecule has 1 saturated carbocycles. The molecule has 0 atom stereocenters. The molecule has 0 bridgehead atoms. The van der Waals surface area contributed by atoms with Gasteiger partial charge in [-0.1, -0.05) is 0 Å². The van der Waals surface area contributed by atoms with Crippen molar-refractivity contribution in [2.75, 3.05) is 32.9 Å². The zero-order chi connectivity index (χ0) is 10.3. The SMILES string of the molecule is CCOCCCNCC1(CCO)CC1. The van der Waals surface area contributed by atoms with Crippen LogP contribution in [-0.4, -0.2) is 38.0 Å². The molecular weight excluding hydrogens is 178 g/mol. The van der Waals surface area contributed by atoms with Crippen molar-refractivity contribution in [3.8, 4) is 0 Å². The van der Waals surface area contributed by atoms with E-state index in [1.54, 1.807) is 0 Å². The normalized spacial score (nSPS) is 18.4. The van der Waals surface area contributed by atoms with E-state index in [0.29, 0.717) is 12.0 Å². The molecule has 0 aromatic rings. The Balaban J connectivity index is 1.88. The van der Waals surface area contributed by atoms with Gasteiger partial charge in [-0.25, -0.2) is 0 Å². The van der Waals surface area contributed by atoms with Crippen LogP contribution in [0.5, 0.6) is 0 Å². The number of hydrogen-bond donors (Lipinski definition) is 2. The highest BCUT2D eigenvalue weighted by Gasteiger charge is 2.40. The van der Waals surface area contributed by atoms with Gasteiger partial charge in [-0.15, -0.1) is 0 Å². The van der Waals surface area contributed by atoms with Crippen LogP contribution in [0.3, 0.4) is 0 Å². The van der Waals surface area contributed by atoms with Gasteiger partial charge in [0.25, 0.3) is 0 Å². The van der Waals surface area contributed by atoms with Gasteiger partial charge < -0.3 is 15.2 Å². The van der Waals surface area contributed by atoms with Crippen LogP contribution in [0.1, 0.15) is 32.6 Å². The van der Waals surface area contributed by atoms with Crippen molar-refractivity contribution < 1.29 is 9.84 Å². The molecule has 3 nitrogen and oxygen atoms in total. The third kappa shape index (κ3) is 4.40. The van der Waals surface area contributed by atoms with Gasteiger partial charge in [0.15, 0.2) is 0 Å². The molecule has 0 aromatic heterocycles. The molecule has 0 unspecified atom stereocenters. The van der Waals surface area contributed by atoms with E-state index < -0.39 is 0 Å². The number of hydrogen-bond acceptors (Lipinski definition) is 3. The number of aliphatic hydroxyl groups excluding tert-OH is 1. The van der Waals surface area contributed by atoms with Gasteiger partial charge >= 0.3 is 0 Å². The van der Waals surface area contributed by atoms with E-state index in [-0.39, 0.29) is 0 Å². The summed E-state index contributed by atoms with van der Waals surface area (Å²) >= 11 is 0. The molecule has 1 fully saturated rings. The van der Waals surface area contributed by atoms with Crippen LogP contribution in [0, 0.1) is 5.41 Å². The van der Waals surface area contributed by atoms with Gasteiger partial charge in [0, 0.05) is 26.4 Å². The minimum atomic E-state index is 0.334. The smallest absolute Gasteiger partial charge is 0.0477 e. The number of aliphatic hydroxyl groups is 1. The fourth-order valence-electron chi connectivity index (χ4n) is 1.73. The summed E-state index contributed by atoms with van der Waals surface area (Å²) in [5, 5.41) is 12.3. The van der Waals surface area contributed by atoms with Crippen LogP contribution in [-0.2, 0) is 4.74 Å². The van der Waals surface area contributed by atoms with Crippen molar-refractivity contribution in [1.29, 1.82) is 0 Å². The maximum Gasteiger partial charge on any atom is 0.0477 e. The predicted molar refractivity (Wildman–Crippen MR) is 57.3 cm³/mol. The van der Waals surface area contributed by atoms with Crippen molar-refractivity contribution >= 4 is 0 Å². The first kappa shape index (κ1) is 12.0. The summed E-state index contributed by atoms with van der Waals surface area (Å²) in [7, 11) is 0. The largest absolute Gasteiger partial charge is 0.396 e. The first-order valence-corrected chi connectivity index (χ1v) is 5.72. The average Bonchev–Trinajstić information content (AvgIpc) is 2.93. The summed E-state index contributed by atoms with van der Waals surface area (Å²) in [5.41, 5.74) is 0.445. The van der Waals surface area contributed by atoms with Crippen LogP contribution in [0.2, 0.25) is 0 Å². The molecule has 0 aromatic carbocycles. The molecule has 0 heterocycles. The van der Waals surface area contributed by atoms with Crippen molar-refractivity contribution in [2.45, 2.75) is 32.6 Å². The Morgan fingerprint density at radius 1 is 1.43 bits per heavy atom. The summed E-state index contributed by atoms with van der Waals surface area (Å²) in [6.45, 7) is 6.13. The maximum absolute atomic E-state index is 8.87. The lowest BCUT2D eigenvalue weighted by Gasteiger charge is -2.14. The lowest BCUT2D eigenvalue weighted by atomic mass is 10.0. The summed E-state index contributed by atoms with van der Waals surface area (Å²) in [6.07, 6.45) is 4.62. The molecule has 2 N–H and O–H groups in total. The average molecular weight is 201 g/mol.